The minimum atomic E-state index is -0.0763. The molecule has 5 rings (SSSR count). The minimum absolute atomic E-state index is 0.0763. The average molecular weight is 428 g/mol. The van der Waals surface area contributed by atoms with Crippen LogP contribution in [0.1, 0.15) is 35.0 Å². The number of carbonyl (C=O) groups is 1. The van der Waals surface area contributed by atoms with Gasteiger partial charge in [-0.15, -0.1) is 16.4 Å². The Morgan fingerprint density at radius 1 is 1.28 bits per heavy atom. The molecule has 0 bridgehead atoms. The van der Waals surface area contributed by atoms with Crippen LogP contribution in [0.2, 0.25) is 0 Å². The third-order valence-corrected chi connectivity index (χ3v) is 6.92. The molecule has 1 aromatic carbocycles. The van der Waals surface area contributed by atoms with Gasteiger partial charge in [-0.1, -0.05) is 42.1 Å². The van der Waals surface area contributed by atoms with E-state index in [1.807, 2.05) is 10.7 Å². The molecule has 0 atom stereocenters. The molecule has 3 aromatic rings. The van der Waals surface area contributed by atoms with Gasteiger partial charge in [0.15, 0.2) is 5.13 Å². The molecule has 0 spiro atoms. The Hall–Kier alpha value is -2.30. The Morgan fingerprint density at radius 2 is 2.14 bits per heavy atom. The number of aromatic nitrogens is 5. The second-order valence-corrected chi connectivity index (χ2v) is 9.34. The third kappa shape index (κ3) is 4.49. The standard InChI is InChI=1S/C19H21N7OS2/c27-17(12-28-19-22-23-24-26(19)14-6-7-14)21-18-20-15-8-9-25(11-16(15)29-18)10-13-4-2-1-3-5-13/h1-5,14H,6-12H2,(H,20,21,27). The van der Waals surface area contributed by atoms with Gasteiger partial charge in [-0.3, -0.25) is 9.69 Å². The van der Waals surface area contributed by atoms with E-state index in [9.17, 15) is 4.79 Å². The van der Waals surface area contributed by atoms with Crippen LogP contribution in [0.25, 0.3) is 0 Å². The topological polar surface area (TPSA) is 88.8 Å². The van der Waals surface area contributed by atoms with Crippen molar-refractivity contribution in [2.24, 2.45) is 0 Å². The molecule has 10 heteroatoms. The maximum absolute atomic E-state index is 12.4. The summed E-state index contributed by atoms with van der Waals surface area (Å²) in [5.41, 5.74) is 2.43. The SMILES string of the molecule is O=C(CSc1nnnn1C1CC1)Nc1nc2c(s1)CN(Cc1ccccc1)CC2. The number of thioether (sulfide) groups is 1. The van der Waals surface area contributed by atoms with Crippen molar-refractivity contribution in [3.8, 4) is 0 Å². The summed E-state index contributed by atoms with van der Waals surface area (Å²) in [6.07, 6.45) is 3.13. The van der Waals surface area contributed by atoms with E-state index < -0.39 is 0 Å². The highest BCUT2D eigenvalue weighted by Crippen LogP contribution is 2.36. The number of hydrogen-bond donors (Lipinski definition) is 1. The normalized spacial score (nSPS) is 16.6. The molecule has 1 saturated carbocycles. The van der Waals surface area contributed by atoms with Crippen molar-refractivity contribution in [2.75, 3.05) is 17.6 Å². The molecule has 3 heterocycles. The zero-order valence-electron chi connectivity index (χ0n) is 15.8. The maximum atomic E-state index is 12.4. The first-order chi connectivity index (χ1) is 14.2. The molecule has 2 aliphatic rings. The molecule has 1 aliphatic carbocycles. The molecule has 1 amide bonds. The summed E-state index contributed by atoms with van der Waals surface area (Å²) in [5.74, 6) is 0.199. The molecule has 0 saturated heterocycles. The molecule has 1 N–H and O–H groups in total. The molecule has 1 fully saturated rings. The number of tetrazole rings is 1. The van der Waals surface area contributed by atoms with Crippen molar-refractivity contribution in [1.82, 2.24) is 30.1 Å². The number of carbonyl (C=O) groups excluding carboxylic acids is 1. The summed E-state index contributed by atoms with van der Waals surface area (Å²) in [6.45, 7) is 2.80. The number of amides is 1. The van der Waals surface area contributed by atoms with Gasteiger partial charge in [-0.2, -0.15) is 0 Å². The number of benzene rings is 1. The summed E-state index contributed by atoms with van der Waals surface area (Å²) in [6, 6.07) is 10.9. The number of thiazole rings is 1. The van der Waals surface area contributed by atoms with E-state index in [0.29, 0.717) is 16.3 Å². The van der Waals surface area contributed by atoms with Crippen LogP contribution >= 0.6 is 23.1 Å². The predicted molar refractivity (Wildman–Crippen MR) is 112 cm³/mol. The van der Waals surface area contributed by atoms with Crippen LogP contribution in [0.4, 0.5) is 5.13 Å². The van der Waals surface area contributed by atoms with Gasteiger partial charge < -0.3 is 5.32 Å². The van der Waals surface area contributed by atoms with Crippen LogP contribution in [0.3, 0.4) is 0 Å². The van der Waals surface area contributed by atoms with Crippen LogP contribution in [0, 0.1) is 0 Å². The van der Waals surface area contributed by atoms with Gasteiger partial charge in [0.1, 0.15) is 0 Å². The molecule has 29 heavy (non-hydrogen) atoms. The Morgan fingerprint density at radius 3 is 2.97 bits per heavy atom. The quantitative estimate of drug-likeness (QED) is 0.580. The molecule has 2 aromatic heterocycles. The van der Waals surface area contributed by atoms with Crippen molar-refractivity contribution in [3.63, 3.8) is 0 Å². The molecular weight excluding hydrogens is 406 g/mol. The smallest absolute Gasteiger partial charge is 0.236 e. The van der Waals surface area contributed by atoms with E-state index in [4.69, 9.17) is 0 Å². The van der Waals surface area contributed by atoms with E-state index in [1.54, 1.807) is 11.3 Å². The predicted octanol–water partition coefficient (Wildman–Crippen LogP) is 2.75. The van der Waals surface area contributed by atoms with Crippen molar-refractivity contribution in [3.05, 3.63) is 46.5 Å². The molecule has 0 radical (unpaired) electrons. The van der Waals surface area contributed by atoms with E-state index >= 15 is 0 Å². The summed E-state index contributed by atoms with van der Waals surface area (Å²) in [5, 5.41) is 16.1. The average Bonchev–Trinajstić information content (AvgIpc) is 3.32. The fourth-order valence-electron chi connectivity index (χ4n) is 3.39. The van der Waals surface area contributed by atoms with Crippen molar-refractivity contribution >= 4 is 34.1 Å². The van der Waals surface area contributed by atoms with Crippen LogP contribution in [0.15, 0.2) is 35.5 Å². The number of nitrogens with zero attached hydrogens (tertiary/aromatic N) is 6. The molecular formula is C19H21N7OS2. The van der Waals surface area contributed by atoms with Gasteiger partial charge in [-0.05, 0) is 28.8 Å². The summed E-state index contributed by atoms with van der Waals surface area (Å²) in [7, 11) is 0. The Kier molecular flexibility index (Phi) is 5.30. The van der Waals surface area contributed by atoms with Crippen LogP contribution < -0.4 is 5.32 Å². The number of rotatable bonds is 7. The first kappa shape index (κ1) is 18.7. The largest absolute Gasteiger partial charge is 0.301 e. The Bertz CT molecular complexity index is 999. The first-order valence-corrected chi connectivity index (χ1v) is 11.5. The maximum Gasteiger partial charge on any atom is 0.236 e. The molecule has 150 valence electrons. The summed E-state index contributed by atoms with van der Waals surface area (Å²) >= 11 is 2.95. The fraction of sp³-hybridized carbons (Fsp3) is 0.421. The minimum Gasteiger partial charge on any atom is -0.301 e. The second kappa shape index (κ2) is 8.21. The molecule has 1 aliphatic heterocycles. The number of anilines is 1. The van der Waals surface area contributed by atoms with Gasteiger partial charge in [0.05, 0.1) is 17.5 Å². The van der Waals surface area contributed by atoms with Crippen LogP contribution in [-0.2, 0) is 24.3 Å². The van der Waals surface area contributed by atoms with Crippen molar-refractivity contribution in [1.29, 1.82) is 0 Å². The first-order valence-electron chi connectivity index (χ1n) is 9.70. The lowest BCUT2D eigenvalue weighted by atomic mass is 10.1. The van der Waals surface area contributed by atoms with E-state index in [0.717, 1.165) is 44.6 Å². The zero-order chi connectivity index (χ0) is 19.6. The Balaban J connectivity index is 1.16. The van der Waals surface area contributed by atoms with Crippen molar-refractivity contribution < 1.29 is 4.79 Å². The van der Waals surface area contributed by atoms with Crippen molar-refractivity contribution in [2.45, 2.75) is 43.6 Å². The van der Waals surface area contributed by atoms with Gasteiger partial charge in [-0.25, -0.2) is 9.67 Å². The summed E-state index contributed by atoms with van der Waals surface area (Å²) in [4.78, 5) is 20.7. The summed E-state index contributed by atoms with van der Waals surface area (Å²) < 4.78 is 1.82. The lowest BCUT2D eigenvalue weighted by molar-refractivity contribution is -0.113. The van der Waals surface area contributed by atoms with E-state index in [1.165, 1.54) is 22.2 Å². The van der Waals surface area contributed by atoms with Gasteiger partial charge in [0.25, 0.3) is 0 Å². The fourth-order valence-corrected chi connectivity index (χ4v) is 5.20. The second-order valence-electron chi connectivity index (χ2n) is 7.31. The van der Waals surface area contributed by atoms with E-state index in [-0.39, 0.29) is 11.7 Å². The van der Waals surface area contributed by atoms with Crippen LogP contribution in [0.5, 0.6) is 0 Å². The zero-order valence-corrected chi connectivity index (χ0v) is 17.5. The monoisotopic (exact) mass is 427 g/mol. The van der Waals surface area contributed by atoms with Gasteiger partial charge in [0.2, 0.25) is 11.1 Å². The number of hydrogen-bond acceptors (Lipinski definition) is 8. The highest BCUT2D eigenvalue weighted by Gasteiger charge is 2.28. The number of fused-ring (bicyclic) bond motifs is 1. The lowest BCUT2D eigenvalue weighted by Crippen LogP contribution is -2.29. The van der Waals surface area contributed by atoms with Crippen LogP contribution in [-0.4, -0.2) is 48.3 Å². The third-order valence-electron chi connectivity index (χ3n) is 4.99. The van der Waals surface area contributed by atoms with Gasteiger partial charge in [0, 0.05) is 30.9 Å². The molecule has 0 unspecified atom stereocenters. The van der Waals surface area contributed by atoms with Gasteiger partial charge >= 0.3 is 0 Å². The van der Waals surface area contributed by atoms with E-state index in [2.05, 4.69) is 55.0 Å². The highest BCUT2D eigenvalue weighted by atomic mass is 32.2. The molecule has 8 nitrogen and oxygen atoms in total. The number of nitrogens with one attached hydrogen (secondary N) is 1. The lowest BCUT2D eigenvalue weighted by Gasteiger charge is -2.25. The highest BCUT2D eigenvalue weighted by molar-refractivity contribution is 7.99. The Labute approximate surface area is 176 Å².